The summed E-state index contributed by atoms with van der Waals surface area (Å²) in [6, 6.07) is 4.15. The van der Waals surface area contributed by atoms with Gasteiger partial charge in [0.05, 0.1) is 13.2 Å². The Labute approximate surface area is 81.8 Å². The van der Waals surface area contributed by atoms with Crippen molar-refractivity contribution in [1.29, 1.82) is 0 Å². The molecule has 0 aromatic heterocycles. The minimum absolute atomic E-state index is 0.0210. The number of phenols is 1. The molecular formula is C10H11O4. The Morgan fingerprint density at radius 2 is 2.21 bits per heavy atom. The van der Waals surface area contributed by atoms with Gasteiger partial charge in [-0.2, -0.15) is 0 Å². The predicted molar refractivity (Wildman–Crippen MR) is 49.8 cm³/mol. The number of methoxy groups -OCH3 is 1. The Balaban J connectivity index is 3.15. The summed E-state index contributed by atoms with van der Waals surface area (Å²) in [4.78, 5) is 11.1. The lowest BCUT2D eigenvalue weighted by Gasteiger charge is -2.07. The van der Waals surface area contributed by atoms with Crippen LogP contribution < -0.4 is 0 Å². The van der Waals surface area contributed by atoms with Gasteiger partial charge in [0.2, 0.25) is 0 Å². The van der Waals surface area contributed by atoms with Crippen molar-refractivity contribution in [2.75, 3.05) is 7.11 Å². The van der Waals surface area contributed by atoms with Gasteiger partial charge in [0.1, 0.15) is 11.3 Å². The van der Waals surface area contributed by atoms with Gasteiger partial charge in [-0.05, 0) is 24.6 Å². The first-order valence-electron chi connectivity index (χ1n) is 3.98. The van der Waals surface area contributed by atoms with Crippen LogP contribution in [0.2, 0.25) is 0 Å². The van der Waals surface area contributed by atoms with Crippen molar-refractivity contribution < 1.29 is 19.7 Å². The lowest BCUT2D eigenvalue weighted by atomic mass is 10.1. The van der Waals surface area contributed by atoms with Crippen LogP contribution in [0.1, 0.15) is 22.0 Å². The fraction of sp³-hybridized carbons (Fsp3) is 0.200. The number of hydrogen-bond donors (Lipinski definition) is 2. The van der Waals surface area contributed by atoms with E-state index in [9.17, 15) is 9.90 Å². The van der Waals surface area contributed by atoms with E-state index < -0.39 is 12.1 Å². The van der Waals surface area contributed by atoms with Crippen LogP contribution in [-0.2, 0) is 4.74 Å². The molecule has 1 unspecified atom stereocenters. The molecule has 0 fully saturated rings. The summed E-state index contributed by atoms with van der Waals surface area (Å²) >= 11 is 0. The van der Waals surface area contributed by atoms with E-state index >= 15 is 0 Å². The Morgan fingerprint density at radius 3 is 2.71 bits per heavy atom. The monoisotopic (exact) mass is 195 g/mol. The molecule has 0 saturated heterocycles. The van der Waals surface area contributed by atoms with Crippen molar-refractivity contribution in [2.24, 2.45) is 0 Å². The number of carbonyl (C=O) groups excluding carboxylic acids is 1. The number of hydrogen-bond acceptors (Lipinski definition) is 4. The second kappa shape index (κ2) is 4.11. The van der Waals surface area contributed by atoms with Crippen LogP contribution in [0.5, 0.6) is 5.75 Å². The highest BCUT2D eigenvalue weighted by atomic mass is 16.5. The molecule has 0 saturated carbocycles. The van der Waals surface area contributed by atoms with Gasteiger partial charge in [0.15, 0.2) is 0 Å². The Morgan fingerprint density at radius 1 is 1.57 bits per heavy atom. The molecule has 0 amide bonds. The zero-order chi connectivity index (χ0) is 10.7. The number of aliphatic hydroxyl groups excluding tert-OH is 1. The lowest BCUT2D eigenvalue weighted by Crippen LogP contribution is -2.03. The van der Waals surface area contributed by atoms with Crippen LogP contribution >= 0.6 is 0 Å². The van der Waals surface area contributed by atoms with E-state index in [4.69, 9.17) is 5.11 Å². The average Bonchev–Trinajstić information content (AvgIpc) is 2.17. The summed E-state index contributed by atoms with van der Waals surface area (Å²) in [5, 5.41) is 18.5. The topological polar surface area (TPSA) is 66.8 Å². The fourth-order valence-corrected chi connectivity index (χ4v) is 1.03. The van der Waals surface area contributed by atoms with Crippen LogP contribution in [0.25, 0.3) is 0 Å². The molecule has 0 aliphatic heterocycles. The normalized spacial score (nSPS) is 12.2. The molecule has 1 aromatic rings. The van der Waals surface area contributed by atoms with Crippen molar-refractivity contribution in [3.8, 4) is 5.75 Å². The number of carbonyl (C=O) groups is 1. The van der Waals surface area contributed by atoms with E-state index in [0.717, 1.165) is 0 Å². The summed E-state index contributed by atoms with van der Waals surface area (Å²) in [6.07, 6.45) is -0.931. The molecule has 0 spiro atoms. The van der Waals surface area contributed by atoms with Crippen LogP contribution in [0.3, 0.4) is 0 Å². The summed E-state index contributed by atoms with van der Waals surface area (Å²) in [5.41, 5.74) is 0.468. The molecule has 4 nitrogen and oxygen atoms in total. The second-order valence-corrected chi connectivity index (χ2v) is 2.78. The standard InChI is InChI=1S/C10H11O4/c1-6(11)7-3-4-9(12)8(5-7)10(13)14-2/h3-6,11-12H,1H2,2H3. The van der Waals surface area contributed by atoms with E-state index in [1.807, 2.05) is 0 Å². The van der Waals surface area contributed by atoms with Crippen molar-refractivity contribution in [2.45, 2.75) is 6.10 Å². The molecule has 75 valence electrons. The zero-order valence-electron chi connectivity index (χ0n) is 7.73. The number of benzene rings is 1. The molecule has 0 bridgehead atoms. The Kier molecular flexibility index (Phi) is 3.09. The maximum Gasteiger partial charge on any atom is 0.341 e. The Bertz CT molecular complexity index is 344. The van der Waals surface area contributed by atoms with E-state index in [2.05, 4.69) is 11.7 Å². The van der Waals surface area contributed by atoms with E-state index in [1.165, 1.54) is 25.3 Å². The molecule has 2 N–H and O–H groups in total. The van der Waals surface area contributed by atoms with Gasteiger partial charge in [0, 0.05) is 0 Å². The molecule has 14 heavy (non-hydrogen) atoms. The van der Waals surface area contributed by atoms with Crippen LogP contribution in [0.15, 0.2) is 18.2 Å². The highest BCUT2D eigenvalue weighted by molar-refractivity contribution is 5.92. The molecule has 1 rings (SSSR count). The SMILES string of the molecule is [CH2]C(O)c1ccc(O)c(C(=O)OC)c1. The van der Waals surface area contributed by atoms with Gasteiger partial charge in [-0.1, -0.05) is 6.07 Å². The molecule has 0 heterocycles. The third-order valence-corrected chi connectivity index (χ3v) is 1.81. The van der Waals surface area contributed by atoms with Crippen LogP contribution in [-0.4, -0.2) is 23.3 Å². The van der Waals surface area contributed by atoms with Crippen molar-refractivity contribution in [1.82, 2.24) is 0 Å². The highest BCUT2D eigenvalue weighted by Gasteiger charge is 2.13. The number of aromatic hydroxyl groups is 1. The van der Waals surface area contributed by atoms with E-state index in [1.54, 1.807) is 0 Å². The minimum Gasteiger partial charge on any atom is -0.507 e. The van der Waals surface area contributed by atoms with Gasteiger partial charge in [-0.3, -0.25) is 0 Å². The Hall–Kier alpha value is -1.55. The summed E-state index contributed by atoms with van der Waals surface area (Å²) < 4.78 is 4.45. The molecule has 4 heteroatoms. The maximum atomic E-state index is 11.1. The van der Waals surface area contributed by atoms with Gasteiger partial charge in [-0.15, -0.1) is 0 Å². The van der Waals surface area contributed by atoms with Crippen molar-refractivity contribution in [3.05, 3.63) is 36.2 Å². The molecule has 0 aliphatic rings. The molecule has 1 aromatic carbocycles. The average molecular weight is 195 g/mol. The first-order chi connectivity index (χ1) is 6.56. The van der Waals surface area contributed by atoms with Crippen molar-refractivity contribution >= 4 is 5.97 Å². The first kappa shape index (κ1) is 10.5. The van der Waals surface area contributed by atoms with Crippen LogP contribution in [0, 0.1) is 6.92 Å². The smallest absolute Gasteiger partial charge is 0.341 e. The molecule has 1 radical (unpaired) electrons. The zero-order valence-corrected chi connectivity index (χ0v) is 7.73. The molecular weight excluding hydrogens is 184 g/mol. The summed E-state index contributed by atoms with van der Waals surface area (Å²) in [5.74, 6) is -0.828. The lowest BCUT2D eigenvalue weighted by molar-refractivity contribution is 0.0597. The summed E-state index contributed by atoms with van der Waals surface area (Å²) in [6.45, 7) is 3.39. The largest absolute Gasteiger partial charge is 0.507 e. The number of esters is 1. The number of aliphatic hydroxyl groups is 1. The van der Waals surface area contributed by atoms with Gasteiger partial charge < -0.3 is 14.9 Å². The first-order valence-corrected chi connectivity index (χ1v) is 3.98. The third kappa shape index (κ3) is 2.03. The van der Waals surface area contributed by atoms with Crippen LogP contribution in [0.4, 0.5) is 0 Å². The number of rotatable bonds is 2. The quantitative estimate of drug-likeness (QED) is 0.692. The molecule has 0 aliphatic carbocycles. The minimum atomic E-state index is -0.931. The highest BCUT2D eigenvalue weighted by Crippen LogP contribution is 2.22. The number of ether oxygens (including phenoxy) is 1. The van der Waals surface area contributed by atoms with Crippen molar-refractivity contribution in [3.63, 3.8) is 0 Å². The number of phenolic OH excluding ortho intramolecular Hbond substituents is 1. The van der Waals surface area contributed by atoms with Gasteiger partial charge in [-0.25, -0.2) is 4.79 Å². The fourth-order valence-electron chi connectivity index (χ4n) is 1.03. The summed E-state index contributed by atoms with van der Waals surface area (Å²) in [7, 11) is 1.22. The van der Waals surface area contributed by atoms with E-state index in [0.29, 0.717) is 5.56 Å². The second-order valence-electron chi connectivity index (χ2n) is 2.78. The van der Waals surface area contributed by atoms with Gasteiger partial charge in [0.25, 0.3) is 0 Å². The maximum absolute atomic E-state index is 11.1. The van der Waals surface area contributed by atoms with Gasteiger partial charge >= 0.3 is 5.97 Å². The molecule has 1 atom stereocenters. The third-order valence-electron chi connectivity index (χ3n) is 1.81. The van der Waals surface area contributed by atoms with E-state index in [-0.39, 0.29) is 11.3 Å². The predicted octanol–water partition coefficient (Wildman–Crippen LogP) is 1.05.